The fourth-order valence-electron chi connectivity index (χ4n) is 5.60. The predicted octanol–water partition coefficient (Wildman–Crippen LogP) is 6.49. The summed E-state index contributed by atoms with van der Waals surface area (Å²) < 4.78 is 13.8. The zero-order valence-corrected chi connectivity index (χ0v) is 26.4. The van der Waals surface area contributed by atoms with Crippen molar-refractivity contribution in [3.8, 4) is 0 Å². The quantitative estimate of drug-likeness (QED) is 0.224. The third kappa shape index (κ3) is 9.74. The number of aliphatic hydroxyl groups excluding tert-OH is 1. The van der Waals surface area contributed by atoms with E-state index in [4.69, 9.17) is 0 Å². The van der Waals surface area contributed by atoms with Crippen LogP contribution in [0.3, 0.4) is 0 Å². The molecule has 6 heteroatoms. The predicted molar refractivity (Wildman–Crippen MR) is 173 cm³/mol. The second-order valence-electron chi connectivity index (χ2n) is 12.3. The second kappa shape index (κ2) is 15.0. The van der Waals surface area contributed by atoms with Crippen LogP contribution >= 0.6 is 9.24 Å². The molecule has 3 unspecified atom stereocenters. The van der Waals surface area contributed by atoms with Crippen molar-refractivity contribution >= 4 is 20.5 Å². The van der Waals surface area contributed by atoms with Crippen LogP contribution < -0.4 is 10.6 Å². The molecule has 0 spiro atoms. The highest BCUT2D eigenvalue weighted by Crippen LogP contribution is 2.35. The van der Waals surface area contributed by atoms with Crippen molar-refractivity contribution in [1.29, 1.82) is 0 Å². The Hall–Kier alpha value is -2.59. The van der Waals surface area contributed by atoms with Crippen LogP contribution in [-0.4, -0.2) is 41.7 Å². The molecule has 0 aliphatic carbocycles. The number of carbonyl (C=O) groups is 1. The summed E-state index contributed by atoms with van der Waals surface area (Å²) in [5, 5.41) is 15.5. The van der Waals surface area contributed by atoms with Gasteiger partial charge in [-0.1, -0.05) is 82.0 Å². The van der Waals surface area contributed by atoms with Gasteiger partial charge in [-0.25, -0.2) is 4.39 Å². The summed E-state index contributed by atoms with van der Waals surface area (Å²) in [6.07, 6.45) is 11.1. The van der Waals surface area contributed by atoms with E-state index in [-0.39, 0.29) is 17.1 Å². The fraction of sp³-hybridized carbons (Fsp3) is 0.457. The molecule has 1 saturated heterocycles. The van der Waals surface area contributed by atoms with E-state index in [0.29, 0.717) is 38.8 Å². The Morgan fingerprint density at radius 1 is 1.24 bits per heavy atom. The average molecular weight is 579 g/mol. The van der Waals surface area contributed by atoms with Gasteiger partial charge in [-0.15, -0.1) is 9.24 Å². The molecule has 0 radical (unpaired) electrons. The summed E-state index contributed by atoms with van der Waals surface area (Å²) in [5.74, 6) is -0.121. The minimum absolute atomic E-state index is 0.0110. The summed E-state index contributed by atoms with van der Waals surface area (Å²) in [5.41, 5.74) is 3.87. The Labute approximate surface area is 249 Å². The van der Waals surface area contributed by atoms with E-state index in [9.17, 15) is 14.3 Å². The van der Waals surface area contributed by atoms with Gasteiger partial charge < -0.3 is 15.3 Å². The Kier molecular flexibility index (Phi) is 12.1. The van der Waals surface area contributed by atoms with Crippen molar-refractivity contribution in [2.45, 2.75) is 83.3 Å². The number of amides is 1. The molecule has 2 aromatic rings. The number of nitrogens with zero attached hydrogens (tertiary/aromatic N) is 1. The highest BCUT2D eigenvalue weighted by atomic mass is 31.0. The average Bonchev–Trinajstić information content (AvgIpc) is 2.93. The summed E-state index contributed by atoms with van der Waals surface area (Å²) in [4.78, 5) is 15.4. The van der Waals surface area contributed by atoms with Crippen molar-refractivity contribution < 1.29 is 14.3 Å². The summed E-state index contributed by atoms with van der Waals surface area (Å²) in [6.45, 7) is 14.1. The molecule has 222 valence electrons. The van der Waals surface area contributed by atoms with Gasteiger partial charge in [0.15, 0.2) is 0 Å². The minimum atomic E-state index is -0.604. The van der Waals surface area contributed by atoms with Gasteiger partial charge in [0.25, 0.3) is 0 Å². The molecule has 2 aromatic carbocycles. The zero-order chi connectivity index (χ0) is 30.0. The highest BCUT2D eigenvalue weighted by molar-refractivity contribution is 7.27. The van der Waals surface area contributed by atoms with Gasteiger partial charge in [0.1, 0.15) is 5.82 Å². The monoisotopic (exact) mass is 578 g/mol. The van der Waals surface area contributed by atoms with Crippen molar-refractivity contribution in [2.75, 3.05) is 19.6 Å². The second-order valence-corrected chi connectivity index (χ2v) is 12.9. The highest BCUT2D eigenvalue weighted by Gasteiger charge is 2.39. The number of piperidine rings is 1. The van der Waals surface area contributed by atoms with E-state index < -0.39 is 11.6 Å². The summed E-state index contributed by atoms with van der Waals surface area (Å²) in [7, 11) is 2.53. The van der Waals surface area contributed by atoms with Crippen LogP contribution in [0.25, 0.3) is 0 Å². The Morgan fingerprint density at radius 2 is 2.02 bits per heavy atom. The number of carbonyl (C=O) groups excluding carboxylic acids is 1. The molecule has 1 aliphatic rings. The molecule has 1 fully saturated rings. The molecular weight excluding hydrogens is 530 g/mol. The molecule has 2 N–H and O–H groups in total. The molecule has 0 bridgehead atoms. The van der Waals surface area contributed by atoms with Crippen LogP contribution in [-0.2, 0) is 22.2 Å². The molecule has 0 saturated carbocycles. The smallest absolute Gasteiger partial charge is 0.222 e. The fourth-order valence-corrected chi connectivity index (χ4v) is 5.97. The van der Waals surface area contributed by atoms with Gasteiger partial charge in [-0.05, 0) is 84.1 Å². The van der Waals surface area contributed by atoms with Crippen LogP contribution in [0.2, 0.25) is 0 Å². The first-order chi connectivity index (χ1) is 19.5. The normalized spacial score (nSPS) is 19.0. The number of rotatable bonds is 12. The van der Waals surface area contributed by atoms with E-state index in [1.165, 1.54) is 17.7 Å². The first-order valence-corrected chi connectivity index (χ1v) is 15.3. The molecule has 1 heterocycles. The van der Waals surface area contributed by atoms with Crippen molar-refractivity contribution in [1.82, 2.24) is 10.2 Å². The molecule has 3 atom stereocenters. The maximum atomic E-state index is 13.8. The molecular formula is C35H48FN2O2P. The number of hydrogen-bond donors (Lipinski definition) is 2. The Morgan fingerprint density at radius 3 is 2.71 bits per heavy atom. The van der Waals surface area contributed by atoms with Crippen molar-refractivity contribution in [2.24, 2.45) is 0 Å². The van der Waals surface area contributed by atoms with Gasteiger partial charge >= 0.3 is 0 Å². The third-order valence-electron chi connectivity index (χ3n) is 7.89. The van der Waals surface area contributed by atoms with Crippen LogP contribution in [0, 0.1) is 5.82 Å². The van der Waals surface area contributed by atoms with Gasteiger partial charge in [0, 0.05) is 26.1 Å². The number of aliphatic hydroxyl groups is 1. The maximum absolute atomic E-state index is 13.8. The Balaban J connectivity index is 1.79. The molecule has 0 aromatic heterocycles. The van der Waals surface area contributed by atoms with E-state index in [2.05, 4.69) is 66.2 Å². The standard InChI is InChI=1S/C35H48FN2O2P/c1-6-10-26(11-7-2)15-17-33(40)38-19-9-18-35(25-38,29-13-8-12-28(22-29)34(3,4)5)37-24-31(39)16-14-27-20-30(36)23-32(41)21-27/h6-8,10-13,20-23,31,37,39H,1,9,14-19,24-25,41H2,2-5H3/b11-7-,26-10+. The number of hydrogen-bond acceptors (Lipinski definition) is 3. The van der Waals surface area contributed by atoms with Crippen LogP contribution in [0.4, 0.5) is 4.39 Å². The van der Waals surface area contributed by atoms with Crippen LogP contribution in [0.15, 0.2) is 78.9 Å². The van der Waals surface area contributed by atoms with E-state index in [1.54, 1.807) is 6.08 Å². The van der Waals surface area contributed by atoms with Gasteiger partial charge in [0.2, 0.25) is 5.91 Å². The lowest BCUT2D eigenvalue weighted by Gasteiger charge is -2.45. The molecule has 1 amide bonds. The topological polar surface area (TPSA) is 52.6 Å². The minimum Gasteiger partial charge on any atom is -0.392 e. The van der Waals surface area contributed by atoms with E-state index in [0.717, 1.165) is 41.4 Å². The third-order valence-corrected chi connectivity index (χ3v) is 8.22. The van der Waals surface area contributed by atoms with Crippen molar-refractivity contribution in [3.63, 3.8) is 0 Å². The molecule has 1 aliphatic heterocycles. The SMILES string of the molecule is C=C/C=C(\C=C/C)CCC(=O)N1CCCC(NCC(O)CCc2cc(F)cc(P)c2)(c2cccc(C(C)(C)C)c2)C1. The number of likely N-dealkylation sites (tertiary alicyclic amines) is 1. The van der Waals surface area contributed by atoms with Gasteiger partial charge in [-0.2, -0.15) is 0 Å². The van der Waals surface area contributed by atoms with Crippen molar-refractivity contribution in [3.05, 3.63) is 101 Å². The van der Waals surface area contributed by atoms with Gasteiger partial charge in [0.05, 0.1) is 11.6 Å². The summed E-state index contributed by atoms with van der Waals surface area (Å²) in [6, 6.07) is 13.6. The van der Waals surface area contributed by atoms with E-state index in [1.807, 2.05) is 36.1 Å². The lowest BCUT2D eigenvalue weighted by atomic mass is 9.78. The maximum Gasteiger partial charge on any atom is 0.222 e. The molecule has 3 rings (SSSR count). The number of nitrogens with one attached hydrogen (secondary N) is 1. The zero-order valence-electron chi connectivity index (χ0n) is 25.3. The number of benzene rings is 2. The molecule has 41 heavy (non-hydrogen) atoms. The largest absolute Gasteiger partial charge is 0.392 e. The summed E-state index contributed by atoms with van der Waals surface area (Å²) >= 11 is 0. The van der Waals surface area contributed by atoms with Crippen LogP contribution in [0.1, 0.15) is 76.5 Å². The number of halogens is 1. The lowest BCUT2D eigenvalue weighted by Crippen LogP contribution is -2.57. The first-order valence-electron chi connectivity index (χ1n) is 14.8. The first kappa shape index (κ1) is 32.9. The number of aryl methyl sites for hydroxylation is 1. The Bertz CT molecular complexity index is 1230. The lowest BCUT2D eigenvalue weighted by molar-refractivity contribution is -0.133. The van der Waals surface area contributed by atoms with Gasteiger partial charge in [-0.3, -0.25) is 4.79 Å². The van der Waals surface area contributed by atoms with E-state index >= 15 is 0 Å². The molecule has 4 nitrogen and oxygen atoms in total. The van der Waals surface area contributed by atoms with Crippen LogP contribution in [0.5, 0.6) is 0 Å². The number of allylic oxidation sites excluding steroid dienone is 5.